The fourth-order valence-electron chi connectivity index (χ4n) is 1.91. The number of aromatic nitrogens is 1. The number of hydrogen-bond acceptors (Lipinski definition) is 3. The third-order valence-corrected chi connectivity index (χ3v) is 2.93. The highest BCUT2D eigenvalue weighted by atomic mass is 14.9. The first kappa shape index (κ1) is 15.0. The first-order chi connectivity index (χ1) is 8.99. The third-order valence-electron chi connectivity index (χ3n) is 2.93. The fraction of sp³-hybridized carbons (Fsp3) is 0.429. The number of amidine groups is 1. The average molecular weight is 261 g/mol. The molecule has 104 valence electrons. The van der Waals surface area contributed by atoms with Crippen molar-refractivity contribution < 1.29 is 0 Å². The molecule has 1 unspecified atom stereocenters. The predicted molar refractivity (Wildman–Crippen MR) is 80.0 cm³/mol. The van der Waals surface area contributed by atoms with E-state index in [-0.39, 0.29) is 11.8 Å². The quantitative estimate of drug-likeness (QED) is 0.384. The van der Waals surface area contributed by atoms with Crippen molar-refractivity contribution in [3.05, 3.63) is 35.3 Å². The maximum Gasteiger partial charge on any atom is 0.139 e. The van der Waals surface area contributed by atoms with Gasteiger partial charge in [0.15, 0.2) is 0 Å². The van der Waals surface area contributed by atoms with Crippen molar-refractivity contribution in [2.75, 3.05) is 0 Å². The molecule has 0 aromatic carbocycles. The summed E-state index contributed by atoms with van der Waals surface area (Å²) in [5.74, 6) is 0.138. The molecule has 5 heteroatoms. The molecule has 6 N–H and O–H groups in total. The van der Waals surface area contributed by atoms with Crippen molar-refractivity contribution in [3.8, 4) is 0 Å². The Balaban J connectivity index is 2.99. The Bertz CT molecular complexity index is 470. The van der Waals surface area contributed by atoms with Crippen molar-refractivity contribution in [3.63, 3.8) is 0 Å². The number of rotatable bonds is 7. The Labute approximate surface area is 114 Å². The molecule has 0 bridgehead atoms. The van der Waals surface area contributed by atoms with Gasteiger partial charge >= 0.3 is 0 Å². The van der Waals surface area contributed by atoms with Crippen LogP contribution in [0.3, 0.4) is 0 Å². The number of nitrogens with two attached hydrogens (primary N) is 1. The second-order valence-electron chi connectivity index (χ2n) is 4.81. The van der Waals surface area contributed by atoms with Crippen molar-refractivity contribution in [2.45, 2.75) is 39.2 Å². The molecule has 1 heterocycles. The number of aromatic amines is 1. The van der Waals surface area contributed by atoms with Gasteiger partial charge in [-0.15, -0.1) is 0 Å². The SMILES string of the molecule is CCC(/C(C=N)=C/NC(C)C)c1ccc(C(=N)N)[nH]1. The number of H-pyrrole nitrogens is 1. The van der Waals surface area contributed by atoms with Crippen LogP contribution in [-0.4, -0.2) is 23.1 Å². The number of hydrogen-bond donors (Lipinski definition) is 5. The van der Waals surface area contributed by atoms with Crippen molar-refractivity contribution >= 4 is 12.1 Å². The molecule has 0 amide bonds. The van der Waals surface area contributed by atoms with Gasteiger partial charge in [-0.1, -0.05) is 6.92 Å². The van der Waals surface area contributed by atoms with Gasteiger partial charge in [0.05, 0.1) is 5.69 Å². The first-order valence-corrected chi connectivity index (χ1v) is 6.49. The Kier molecular flexibility index (Phi) is 5.36. The molecule has 5 nitrogen and oxygen atoms in total. The van der Waals surface area contributed by atoms with Gasteiger partial charge in [-0.05, 0) is 38.0 Å². The van der Waals surface area contributed by atoms with Gasteiger partial charge in [0.1, 0.15) is 5.84 Å². The zero-order valence-electron chi connectivity index (χ0n) is 11.7. The molecule has 1 atom stereocenters. The molecule has 1 aromatic heterocycles. The fourth-order valence-corrected chi connectivity index (χ4v) is 1.91. The summed E-state index contributed by atoms with van der Waals surface area (Å²) >= 11 is 0. The van der Waals surface area contributed by atoms with Gasteiger partial charge in [0.2, 0.25) is 0 Å². The van der Waals surface area contributed by atoms with Crippen LogP contribution in [0, 0.1) is 10.8 Å². The van der Waals surface area contributed by atoms with Crippen LogP contribution >= 0.6 is 0 Å². The number of allylic oxidation sites excluding steroid dienone is 1. The molecule has 1 aromatic rings. The maximum absolute atomic E-state index is 7.56. The van der Waals surface area contributed by atoms with Crippen LogP contribution in [0.5, 0.6) is 0 Å². The molecule has 0 saturated heterocycles. The van der Waals surface area contributed by atoms with Crippen molar-refractivity contribution in [1.29, 1.82) is 10.8 Å². The van der Waals surface area contributed by atoms with Crippen LogP contribution in [0.25, 0.3) is 0 Å². The predicted octanol–water partition coefficient (Wildman–Crippen LogP) is 2.32. The van der Waals surface area contributed by atoms with E-state index in [1.54, 1.807) is 6.07 Å². The summed E-state index contributed by atoms with van der Waals surface area (Å²) in [5.41, 5.74) is 7.97. The van der Waals surface area contributed by atoms with Crippen LogP contribution in [0.1, 0.15) is 44.5 Å². The molecular weight excluding hydrogens is 238 g/mol. The Morgan fingerprint density at radius 2 is 2.16 bits per heavy atom. The average Bonchev–Trinajstić information content (AvgIpc) is 2.83. The van der Waals surface area contributed by atoms with Crippen LogP contribution in [0.15, 0.2) is 23.9 Å². The summed E-state index contributed by atoms with van der Waals surface area (Å²) in [6.45, 7) is 6.19. The second kappa shape index (κ2) is 6.78. The zero-order chi connectivity index (χ0) is 14.4. The van der Waals surface area contributed by atoms with Crippen LogP contribution < -0.4 is 11.1 Å². The number of nitrogen functional groups attached to an aromatic ring is 1. The smallest absolute Gasteiger partial charge is 0.139 e. The van der Waals surface area contributed by atoms with Gasteiger partial charge in [0, 0.05) is 30.1 Å². The van der Waals surface area contributed by atoms with Crippen molar-refractivity contribution in [1.82, 2.24) is 10.3 Å². The Hall–Kier alpha value is -2.04. The van der Waals surface area contributed by atoms with Gasteiger partial charge < -0.3 is 21.4 Å². The van der Waals surface area contributed by atoms with E-state index in [4.69, 9.17) is 16.6 Å². The van der Waals surface area contributed by atoms with Crippen molar-refractivity contribution in [2.24, 2.45) is 5.73 Å². The van der Waals surface area contributed by atoms with E-state index in [1.165, 1.54) is 6.21 Å². The Morgan fingerprint density at radius 1 is 1.47 bits per heavy atom. The summed E-state index contributed by atoms with van der Waals surface area (Å²) < 4.78 is 0. The van der Waals surface area contributed by atoms with Gasteiger partial charge in [-0.3, -0.25) is 5.41 Å². The minimum Gasteiger partial charge on any atom is -0.388 e. The normalized spacial score (nSPS) is 13.4. The highest BCUT2D eigenvalue weighted by Gasteiger charge is 2.16. The third kappa shape index (κ3) is 3.98. The van der Waals surface area contributed by atoms with E-state index in [1.807, 2.05) is 12.3 Å². The second-order valence-corrected chi connectivity index (χ2v) is 4.81. The zero-order valence-corrected chi connectivity index (χ0v) is 11.7. The lowest BCUT2D eigenvalue weighted by Crippen LogP contribution is -2.18. The lowest BCUT2D eigenvalue weighted by molar-refractivity contribution is 0.685. The molecule has 19 heavy (non-hydrogen) atoms. The first-order valence-electron chi connectivity index (χ1n) is 6.49. The van der Waals surface area contributed by atoms with E-state index in [0.29, 0.717) is 11.7 Å². The van der Waals surface area contributed by atoms with Crippen LogP contribution in [0.2, 0.25) is 0 Å². The molecule has 0 radical (unpaired) electrons. The van der Waals surface area contributed by atoms with E-state index in [2.05, 4.69) is 31.1 Å². The molecule has 0 saturated carbocycles. The summed E-state index contributed by atoms with van der Waals surface area (Å²) in [6, 6.07) is 4.07. The van der Waals surface area contributed by atoms with Crippen LogP contribution in [0.4, 0.5) is 0 Å². The molecule has 0 aliphatic carbocycles. The summed E-state index contributed by atoms with van der Waals surface area (Å²) in [4.78, 5) is 3.14. The van der Waals surface area contributed by atoms with E-state index in [9.17, 15) is 0 Å². The van der Waals surface area contributed by atoms with E-state index in [0.717, 1.165) is 17.7 Å². The monoisotopic (exact) mass is 261 g/mol. The van der Waals surface area contributed by atoms with Gasteiger partial charge in [0.25, 0.3) is 0 Å². The molecule has 0 spiro atoms. The molecular formula is C14H23N5. The van der Waals surface area contributed by atoms with E-state index >= 15 is 0 Å². The lowest BCUT2D eigenvalue weighted by atomic mass is 9.94. The van der Waals surface area contributed by atoms with E-state index < -0.39 is 0 Å². The Morgan fingerprint density at radius 3 is 2.58 bits per heavy atom. The molecule has 0 aliphatic rings. The number of nitrogens with one attached hydrogen (secondary N) is 4. The van der Waals surface area contributed by atoms with Gasteiger partial charge in [-0.25, -0.2) is 0 Å². The summed E-state index contributed by atoms with van der Waals surface area (Å²) in [7, 11) is 0. The standard InChI is InChI=1S/C14H23N5/c1-4-11(10(7-15)8-18-9(2)3)12-5-6-13(19-12)14(16)17/h5-9,11,15,18-19H,4H2,1-3H3,(H3,16,17)/b10-8+,15-7?. The highest BCUT2D eigenvalue weighted by molar-refractivity contribution is 5.93. The summed E-state index contributed by atoms with van der Waals surface area (Å²) in [5, 5.41) is 18.2. The molecule has 0 aliphatic heterocycles. The largest absolute Gasteiger partial charge is 0.388 e. The molecule has 0 fully saturated rings. The minimum atomic E-state index is 0.0294. The summed E-state index contributed by atoms with van der Waals surface area (Å²) in [6.07, 6.45) is 4.14. The van der Waals surface area contributed by atoms with Crippen LogP contribution in [-0.2, 0) is 0 Å². The topological polar surface area (TPSA) is 102 Å². The maximum atomic E-state index is 7.56. The molecule has 1 rings (SSSR count). The van der Waals surface area contributed by atoms with Gasteiger partial charge in [-0.2, -0.15) is 0 Å². The highest BCUT2D eigenvalue weighted by Crippen LogP contribution is 2.25. The lowest BCUT2D eigenvalue weighted by Gasteiger charge is -2.16. The minimum absolute atomic E-state index is 0.0294.